The van der Waals surface area contributed by atoms with Crippen molar-refractivity contribution in [3.8, 4) is 0 Å². The highest BCUT2D eigenvalue weighted by molar-refractivity contribution is 6.35. The number of nitrogens with one attached hydrogen (secondary N) is 1. The third-order valence-electron chi connectivity index (χ3n) is 6.78. The monoisotopic (exact) mass is 365 g/mol. The maximum absolute atomic E-state index is 12.5. The van der Waals surface area contributed by atoms with Crippen molar-refractivity contribution in [2.45, 2.75) is 76.4 Å². The Labute approximate surface area is 157 Å². The molecule has 3 rings (SSSR count). The lowest BCUT2D eigenvalue weighted by Gasteiger charge is -2.48. The van der Waals surface area contributed by atoms with Gasteiger partial charge in [-0.25, -0.2) is 0 Å². The number of likely N-dealkylation sites (tertiary alicyclic amines) is 2. The summed E-state index contributed by atoms with van der Waals surface area (Å²) < 4.78 is 0. The van der Waals surface area contributed by atoms with Crippen molar-refractivity contribution < 1.29 is 14.7 Å². The molecule has 0 aromatic heterocycles. The molecule has 148 valence electrons. The molecule has 0 unspecified atom stereocenters. The van der Waals surface area contributed by atoms with Crippen LogP contribution in [-0.4, -0.2) is 71.1 Å². The fourth-order valence-corrected chi connectivity index (χ4v) is 5.01. The van der Waals surface area contributed by atoms with Gasteiger partial charge in [0, 0.05) is 31.1 Å². The Kier molecular flexibility index (Phi) is 6.56. The average molecular weight is 366 g/mol. The second-order valence-electron chi connectivity index (χ2n) is 8.56. The SMILES string of the molecule is C[C@H](O)[C@@H]1CCN(C(=O)C(=O)NCC2(N3CCCCC3)CCCCC2)C1. The van der Waals surface area contributed by atoms with E-state index in [1.807, 2.05) is 0 Å². The van der Waals surface area contributed by atoms with Crippen molar-refractivity contribution in [2.75, 3.05) is 32.7 Å². The predicted molar refractivity (Wildman–Crippen MR) is 101 cm³/mol. The second kappa shape index (κ2) is 8.70. The third kappa shape index (κ3) is 4.39. The summed E-state index contributed by atoms with van der Waals surface area (Å²) in [5.74, 6) is -0.819. The van der Waals surface area contributed by atoms with Crippen LogP contribution < -0.4 is 5.32 Å². The maximum atomic E-state index is 12.5. The van der Waals surface area contributed by atoms with Gasteiger partial charge in [-0.05, 0) is 52.1 Å². The Morgan fingerprint density at radius 1 is 1.08 bits per heavy atom. The van der Waals surface area contributed by atoms with Crippen molar-refractivity contribution in [1.82, 2.24) is 15.1 Å². The van der Waals surface area contributed by atoms with Gasteiger partial charge in [-0.2, -0.15) is 0 Å². The topological polar surface area (TPSA) is 72.9 Å². The number of carbonyl (C=O) groups is 2. The third-order valence-corrected chi connectivity index (χ3v) is 6.78. The molecule has 0 bridgehead atoms. The molecule has 2 amide bonds. The fraction of sp³-hybridized carbons (Fsp3) is 0.900. The Morgan fingerprint density at radius 3 is 2.35 bits per heavy atom. The molecular weight excluding hydrogens is 330 g/mol. The Morgan fingerprint density at radius 2 is 1.73 bits per heavy atom. The van der Waals surface area contributed by atoms with Crippen molar-refractivity contribution >= 4 is 11.8 Å². The summed E-state index contributed by atoms with van der Waals surface area (Å²) in [5.41, 5.74) is 0.0434. The van der Waals surface area contributed by atoms with Crippen molar-refractivity contribution in [3.63, 3.8) is 0 Å². The number of rotatable bonds is 4. The first-order chi connectivity index (χ1) is 12.5. The van der Waals surface area contributed by atoms with E-state index in [-0.39, 0.29) is 11.5 Å². The molecular formula is C20H35N3O3. The van der Waals surface area contributed by atoms with Crippen molar-refractivity contribution in [2.24, 2.45) is 5.92 Å². The van der Waals surface area contributed by atoms with E-state index in [9.17, 15) is 14.7 Å². The van der Waals surface area contributed by atoms with Gasteiger partial charge in [0.15, 0.2) is 0 Å². The van der Waals surface area contributed by atoms with E-state index in [1.165, 1.54) is 38.5 Å². The van der Waals surface area contributed by atoms with Crippen LogP contribution in [0.25, 0.3) is 0 Å². The van der Waals surface area contributed by atoms with E-state index in [2.05, 4.69) is 10.2 Å². The van der Waals surface area contributed by atoms with Crippen LogP contribution in [0.1, 0.15) is 64.7 Å². The first-order valence-corrected chi connectivity index (χ1v) is 10.5. The van der Waals surface area contributed by atoms with Crippen molar-refractivity contribution in [3.05, 3.63) is 0 Å². The minimum absolute atomic E-state index is 0.0434. The lowest BCUT2D eigenvalue weighted by Crippen LogP contribution is -2.59. The molecule has 0 spiro atoms. The first kappa shape index (κ1) is 19.6. The van der Waals surface area contributed by atoms with Gasteiger partial charge in [0.2, 0.25) is 0 Å². The molecule has 2 atom stereocenters. The zero-order valence-electron chi connectivity index (χ0n) is 16.2. The number of nitrogens with zero attached hydrogens (tertiary/aromatic N) is 2. The number of hydrogen-bond acceptors (Lipinski definition) is 4. The van der Waals surface area contributed by atoms with Crippen molar-refractivity contribution in [1.29, 1.82) is 0 Å². The van der Waals surface area contributed by atoms with Crippen LogP contribution in [0.15, 0.2) is 0 Å². The van der Waals surface area contributed by atoms with Gasteiger partial charge < -0.3 is 15.3 Å². The highest BCUT2D eigenvalue weighted by atomic mass is 16.3. The first-order valence-electron chi connectivity index (χ1n) is 10.5. The Balaban J connectivity index is 1.56. The number of amides is 2. The summed E-state index contributed by atoms with van der Waals surface area (Å²) in [6, 6.07) is 0. The average Bonchev–Trinajstić information content (AvgIpc) is 3.17. The molecule has 6 heteroatoms. The summed E-state index contributed by atoms with van der Waals surface area (Å²) in [5, 5.41) is 12.7. The zero-order chi connectivity index (χ0) is 18.6. The lowest BCUT2D eigenvalue weighted by molar-refractivity contribution is -0.145. The second-order valence-corrected chi connectivity index (χ2v) is 8.56. The van der Waals surface area contributed by atoms with E-state index in [0.717, 1.165) is 32.4 Å². The fourth-order valence-electron chi connectivity index (χ4n) is 5.01. The highest BCUT2D eigenvalue weighted by Crippen LogP contribution is 2.35. The van der Waals surface area contributed by atoms with E-state index >= 15 is 0 Å². The molecule has 2 heterocycles. The highest BCUT2D eigenvalue weighted by Gasteiger charge is 2.39. The summed E-state index contributed by atoms with van der Waals surface area (Å²) in [6.45, 7) is 5.63. The Bertz CT molecular complexity index is 497. The molecule has 0 aromatic carbocycles. The van der Waals surface area contributed by atoms with Gasteiger partial charge in [0.05, 0.1) is 6.10 Å². The Hall–Kier alpha value is -1.14. The molecule has 3 aliphatic rings. The molecule has 0 radical (unpaired) electrons. The van der Waals surface area contributed by atoms with Gasteiger partial charge >= 0.3 is 11.8 Å². The van der Waals surface area contributed by atoms with Gasteiger partial charge in [0.1, 0.15) is 0 Å². The lowest BCUT2D eigenvalue weighted by atomic mass is 9.79. The summed E-state index contributed by atoms with van der Waals surface area (Å²) in [4.78, 5) is 29.2. The van der Waals surface area contributed by atoms with E-state index in [1.54, 1.807) is 11.8 Å². The molecule has 2 saturated heterocycles. The van der Waals surface area contributed by atoms with Gasteiger partial charge in [-0.3, -0.25) is 14.5 Å². The van der Waals surface area contributed by atoms with Gasteiger partial charge in [0.25, 0.3) is 0 Å². The van der Waals surface area contributed by atoms with Gasteiger partial charge in [-0.15, -0.1) is 0 Å². The van der Waals surface area contributed by atoms with E-state index < -0.39 is 17.9 Å². The summed E-state index contributed by atoms with van der Waals surface area (Å²) in [6.07, 6.45) is 10.1. The predicted octanol–water partition coefficient (Wildman–Crippen LogP) is 1.52. The summed E-state index contributed by atoms with van der Waals surface area (Å²) in [7, 11) is 0. The van der Waals surface area contributed by atoms with Crippen LogP contribution >= 0.6 is 0 Å². The smallest absolute Gasteiger partial charge is 0.311 e. The number of aliphatic hydroxyl groups excluding tert-OH is 1. The molecule has 1 aliphatic carbocycles. The summed E-state index contributed by atoms with van der Waals surface area (Å²) >= 11 is 0. The number of carbonyl (C=O) groups excluding carboxylic acids is 2. The minimum Gasteiger partial charge on any atom is -0.393 e. The number of piperidine rings is 1. The molecule has 3 fully saturated rings. The van der Waals surface area contributed by atoms with Gasteiger partial charge in [-0.1, -0.05) is 25.7 Å². The van der Waals surface area contributed by atoms with Crippen LogP contribution in [0.4, 0.5) is 0 Å². The zero-order valence-corrected chi connectivity index (χ0v) is 16.2. The van der Waals surface area contributed by atoms with Crippen LogP contribution in [0.2, 0.25) is 0 Å². The minimum atomic E-state index is -0.474. The standard InChI is InChI=1S/C20H35N3O3/c1-16(24)17-8-13-22(14-17)19(26)18(25)21-15-20(9-4-2-5-10-20)23-11-6-3-7-12-23/h16-17,24H,2-15H2,1H3,(H,21,25)/t16-,17+/m0/s1. The molecule has 26 heavy (non-hydrogen) atoms. The molecule has 0 aromatic rings. The van der Waals surface area contributed by atoms with Crippen LogP contribution in [-0.2, 0) is 9.59 Å². The van der Waals surface area contributed by atoms with E-state index in [4.69, 9.17) is 0 Å². The molecule has 6 nitrogen and oxygen atoms in total. The van der Waals surface area contributed by atoms with Crippen LogP contribution in [0.5, 0.6) is 0 Å². The molecule has 2 aliphatic heterocycles. The largest absolute Gasteiger partial charge is 0.393 e. The quantitative estimate of drug-likeness (QED) is 0.741. The van der Waals surface area contributed by atoms with Crippen LogP contribution in [0.3, 0.4) is 0 Å². The normalized spacial score (nSPS) is 27.9. The number of aliphatic hydroxyl groups is 1. The molecule has 2 N–H and O–H groups in total. The van der Waals surface area contributed by atoms with Crippen LogP contribution in [0, 0.1) is 5.92 Å². The molecule has 1 saturated carbocycles. The van der Waals surface area contributed by atoms with E-state index in [0.29, 0.717) is 19.6 Å². The maximum Gasteiger partial charge on any atom is 0.311 e. The number of hydrogen-bond donors (Lipinski definition) is 2.